The van der Waals surface area contributed by atoms with Crippen molar-refractivity contribution in [3.8, 4) is 0 Å². The number of aromatic nitrogens is 1. The molecule has 0 aliphatic rings. The zero-order valence-electron chi connectivity index (χ0n) is 11.3. The van der Waals surface area contributed by atoms with Gasteiger partial charge in [-0.15, -0.1) is 0 Å². The molecule has 0 saturated carbocycles. The van der Waals surface area contributed by atoms with Crippen molar-refractivity contribution in [2.75, 3.05) is 18.0 Å². The van der Waals surface area contributed by atoms with Crippen molar-refractivity contribution in [1.29, 1.82) is 0 Å². The summed E-state index contributed by atoms with van der Waals surface area (Å²) in [6, 6.07) is 4.14. The van der Waals surface area contributed by atoms with E-state index in [1.165, 1.54) is 18.5 Å². The first-order valence-corrected chi connectivity index (χ1v) is 6.65. The minimum absolute atomic E-state index is 0.513. The van der Waals surface area contributed by atoms with Crippen LogP contribution in [0.3, 0.4) is 0 Å². The Morgan fingerprint density at radius 3 is 2.35 bits per heavy atom. The van der Waals surface area contributed by atoms with E-state index in [0.717, 1.165) is 24.7 Å². The van der Waals surface area contributed by atoms with E-state index in [4.69, 9.17) is 5.73 Å². The highest BCUT2D eigenvalue weighted by Gasteiger charge is 2.10. The van der Waals surface area contributed by atoms with Crippen LogP contribution in [-0.4, -0.2) is 18.1 Å². The lowest BCUT2D eigenvalue weighted by Crippen LogP contribution is -2.29. The maximum atomic E-state index is 5.56. The van der Waals surface area contributed by atoms with Gasteiger partial charge in [0.05, 0.1) is 17.6 Å². The molecule has 0 unspecified atom stereocenters. The molecule has 1 heterocycles. The van der Waals surface area contributed by atoms with Gasteiger partial charge in [0, 0.05) is 19.6 Å². The second-order valence-electron chi connectivity index (χ2n) is 4.43. The third-order valence-corrected chi connectivity index (χ3v) is 3.40. The Labute approximate surface area is 105 Å². The molecule has 1 aromatic rings. The smallest absolute Gasteiger partial charge is 0.0552 e. The summed E-state index contributed by atoms with van der Waals surface area (Å²) >= 11 is 0. The molecule has 17 heavy (non-hydrogen) atoms. The Morgan fingerprint density at radius 2 is 1.94 bits per heavy atom. The quantitative estimate of drug-likeness (QED) is 0.790. The van der Waals surface area contributed by atoms with Gasteiger partial charge in [-0.2, -0.15) is 0 Å². The minimum Gasteiger partial charge on any atom is -0.370 e. The van der Waals surface area contributed by atoms with E-state index in [-0.39, 0.29) is 0 Å². The Hall–Kier alpha value is -1.09. The van der Waals surface area contributed by atoms with Gasteiger partial charge < -0.3 is 10.6 Å². The van der Waals surface area contributed by atoms with Crippen LogP contribution in [0.4, 0.5) is 5.69 Å². The van der Waals surface area contributed by atoms with E-state index in [2.05, 4.69) is 36.7 Å². The van der Waals surface area contributed by atoms with Crippen LogP contribution in [0, 0.1) is 5.92 Å². The summed E-state index contributed by atoms with van der Waals surface area (Å²) in [5, 5.41) is 0. The second-order valence-corrected chi connectivity index (χ2v) is 4.43. The minimum atomic E-state index is 0.513. The maximum Gasteiger partial charge on any atom is 0.0552 e. The highest BCUT2D eigenvalue weighted by Crippen LogP contribution is 2.17. The van der Waals surface area contributed by atoms with Crippen molar-refractivity contribution >= 4 is 5.69 Å². The molecule has 0 aliphatic heterocycles. The van der Waals surface area contributed by atoms with Gasteiger partial charge in [-0.05, 0) is 25.0 Å². The number of nitrogens with zero attached hydrogens (tertiary/aromatic N) is 2. The van der Waals surface area contributed by atoms with Gasteiger partial charge in [0.2, 0.25) is 0 Å². The molecule has 2 N–H and O–H groups in total. The monoisotopic (exact) mass is 235 g/mol. The van der Waals surface area contributed by atoms with Crippen LogP contribution >= 0.6 is 0 Å². The van der Waals surface area contributed by atoms with Crippen molar-refractivity contribution < 1.29 is 0 Å². The fourth-order valence-corrected chi connectivity index (χ4v) is 2.00. The average molecular weight is 235 g/mol. The van der Waals surface area contributed by atoms with Crippen LogP contribution in [0.1, 0.15) is 39.3 Å². The fourth-order valence-electron chi connectivity index (χ4n) is 2.00. The zero-order chi connectivity index (χ0) is 12.7. The van der Waals surface area contributed by atoms with Crippen LogP contribution in [-0.2, 0) is 6.54 Å². The summed E-state index contributed by atoms with van der Waals surface area (Å²) in [6.07, 6.45) is 4.41. The van der Waals surface area contributed by atoms with Gasteiger partial charge in [-0.1, -0.05) is 26.7 Å². The number of hydrogen-bond donors (Lipinski definition) is 1. The lowest BCUT2D eigenvalue weighted by molar-refractivity contribution is 0.486. The molecule has 0 atom stereocenters. The first kappa shape index (κ1) is 14.0. The number of rotatable bonds is 7. The molecular formula is C14H25N3. The van der Waals surface area contributed by atoms with Crippen molar-refractivity contribution in [2.24, 2.45) is 11.7 Å². The highest BCUT2D eigenvalue weighted by molar-refractivity contribution is 5.44. The van der Waals surface area contributed by atoms with Crippen molar-refractivity contribution in [3.63, 3.8) is 0 Å². The van der Waals surface area contributed by atoms with E-state index < -0.39 is 0 Å². The summed E-state index contributed by atoms with van der Waals surface area (Å²) in [4.78, 5) is 6.75. The number of hydrogen-bond acceptors (Lipinski definition) is 3. The molecule has 3 heteroatoms. The number of nitrogens with two attached hydrogens (primary N) is 1. The van der Waals surface area contributed by atoms with Gasteiger partial charge in [-0.3, -0.25) is 4.98 Å². The summed E-state index contributed by atoms with van der Waals surface area (Å²) in [5.74, 6) is 0.768. The lowest BCUT2D eigenvalue weighted by atomic mass is 10.0. The molecule has 0 fully saturated rings. The molecule has 0 aromatic carbocycles. The van der Waals surface area contributed by atoms with Gasteiger partial charge in [0.15, 0.2) is 0 Å². The maximum absolute atomic E-state index is 5.56. The predicted octanol–water partition coefficient (Wildman–Crippen LogP) is 2.80. The van der Waals surface area contributed by atoms with Crippen LogP contribution in [0.25, 0.3) is 0 Å². The van der Waals surface area contributed by atoms with E-state index in [9.17, 15) is 0 Å². The lowest BCUT2D eigenvalue weighted by Gasteiger charge is -2.27. The van der Waals surface area contributed by atoms with Gasteiger partial charge in [-0.25, -0.2) is 0 Å². The van der Waals surface area contributed by atoms with E-state index in [1.54, 1.807) is 0 Å². The number of anilines is 1. The number of pyridine rings is 1. The summed E-state index contributed by atoms with van der Waals surface area (Å²) in [7, 11) is 0. The molecule has 0 spiro atoms. The van der Waals surface area contributed by atoms with Crippen molar-refractivity contribution in [3.05, 3.63) is 24.0 Å². The SMILES string of the molecule is CCC(CC)CN(CC)c1ccc(CN)nc1. The molecule has 0 amide bonds. The second kappa shape index (κ2) is 7.28. The molecular weight excluding hydrogens is 210 g/mol. The summed E-state index contributed by atoms with van der Waals surface area (Å²) in [5.41, 5.74) is 7.71. The van der Waals surface area contributed by atoms with Gasteiger partial charge >= 0.3 is 0 Å². The van der Waals surface area contributed by atoms with Crippen LogP contribution in [0.2, 0.25) is 0 Å². The molecule has 1 aromatic heterocycles. The van der Waals surface area contributed by atoms with Crippen molar-refractivity contribution in [1.82, 2.24) is 4.98 Å². The molecule has 96 valence electrons. The average Bonchev–Trinajstić information content (AvgIpc) is 2.40. The predicted molar refractivity (Wildman–Crippen MR) is 74.1 cm³/mol. The van der Waals surface area contributed by atoms with E-state index >= 15 is 0 Å². The molecule has 0 bridgehead atoms. The zero-order valence-corrected chi connectivity index (χ0v) is 11.3. The van der Waals surface area contributed by atoms with Crippen LogP contribution in [0.5, 0.6) is 0 Å². The molecule has 0 aliphatic carbocycles. The first-order valence-electron chi connectivity index (χ1n) is 6.65. The van der Waals surface area contributed by atoms with Crippen LogP contribution in [0.15, 0.2) is 18.3 Å². The largest absolute Gasteiger partial charge is 0.370 e. The Kier molecular flexibility index (Phi) is 5.98. The Balaban J connectivity index is 2.71. The van der Waals surface area contributed by atoms with Crippen molar-refractivity contribution in [2.45, 2.75) is 40.2 Å². The summed E-state index contributed by atoms with van der Waals surface area (Å²) in [6.45, 7) is 9.38. The van der Waals surface area contributed by atoms with Crippen LogP contribution < -0.4 is 10.6 Å². The standard InChI is InChI=1S/C14H25N3/c1-4-12(5-2)11-17(6-3)14-8-7-13(9-15)16-10-14/h7-8,10,12H,4-6,9,11,15H2,1-3H3. The Bertz CT molecular complexity index is 304. The third-order valence-electron chi connectivity index (χ3n) is 3.40. The van der Waals surface area contributed by atoms with E-state index in [1.807, 2.05) is 12.3 Å². The highest BCUT2D eigenvalue weighted by atomic mass is 15.1. The first-order chi connectivity index (χ1) is 8.24. The fraction of sp³-hybridized carbons (Fsp3) is 0.643. The molecule has 0 saturated heterocycles. The molecule has 3 nitrogen and oxygen atoms in total. The Morgan fingerprint density at radius 1 is 1.24 bits per heavy atom. The topological polar surface area (TPSA) is 42.1 Å². The van der Waals surface area contributed by atoms with E-state index in [0.29, 0.717) is 6.54 Å². The van der Waals surface area contributed by atoms with Gasteiger partial charge in [0.1, 0.15) is 0 Å². The molecule has 0 radical (unpaired) electrons. The van der Waals surface area contributed by atoms with Gasteiger partial charge in [0.25, 0.3) is 0 Å². The normalized spacial score (nSPS) is 10.9. The summed E-state index contributed by atoms with van der Waals surface area (Å²) < 4.78 is 0. The third kappa shape index (κ3) is 4.00. The molecule has 1 rings (SSSR count).